The molecule has 0 radical (unpaired) electrons. The van der Waals surface area contributed by atoms with Crippen molar-refractivity contribution in [1.29, 1.82) is 0 Å². The Morgan fingerprint density at radius 1 is 0.434 bits per heavy atom. The number of hydrogen-bond donors (Lipinski definition) is 8. The van der Waals surface area contributed by atoms with E-state index in [2.05, 4.69) is 10.6 Å². The number of rotatable bonds is 30. The Morgan fingerprint density at radius 2 is 0.679 bits per heavy atom. The number of carbonyl (C=O) groups is 10. The molecule has 0 aromatic carbocycles. The van der Waals surface area contributed by atoms with Gasteiger partial charge in [-0.3, -0.25) is 47.9 Å². The van der Waals surface area contributed by atoms with Crippen LogP contribution in [0.15, 0.2) is 0 Å². The molecule has 0 aliphatic heterocycles. The third-order valence-corrected chi connectivity index (χ3v) is 8.81. The van der Waals surface area contributed by atoms with Crippen molar-refractivity contribution >= 4 is 59.6 Å². The van der Waals surface area contributed by atoms with Crippen LogP contribution < -0.4 is 10.6 Å². The molecule has 2 amide bonds. The maximum absolute atomic E-state index is 12.7. The molecule has 20 heteroatoms. The summed E-state index contributed by atoms with van der Waals surface area (Å²) < 4.78 is 10.4. The Balaban J connectivity index is 2.68. The van der Waals surface area contributed by atoms with E-state index in [0.29, 0.717) is 0 Å². The summed E-state index contributed by atoms with van der Waals surface area (Å²) in [6.07, 6.45) is -4.41. The van der Waals surface area contributed by atoms with Crippen LogP contribution >= 0.6 is 0 Å². The summed E-state index contributed by atoms with van der Waals surface area (Å²) in [5.74, 6) is -10.5. The van der Waals surface area contributed by atoms with Gasteiger partial charge in [0.1, 0.15) is 0 Å². The number of carbonyl (C=O) groups excluding carboxylic acids is 4. The Kier molecular flexibility index (Phi) is 18.9. The van der Waals surface area contributed by atoms with Gasteiger partial charge in [0, 0.05) is 62.4 Å². The highest BCUT2D eigenvalue weighted by atomic mass is 16.6. The van der Waals surface area contributed by atoms with Crippen LogP contribution in [0.4, 0.5) is 0 Å². The van der Waals surface area contributed by atoms with Gasteiger partial charge in [-0.05, 0) is 64.2 Å². The maximum atomic E-state index is 12.7. The topological polar surface area (TPSA) is 335 Å². The molecule has 8 N–H and O–H groups in total. The zero-order valence-corrected chi connectivity index (χ0v) is 29.2. The van der Waals surface area contributed by atoms with Crippen LogP contribution in [0.1, 0.15) is 116 Å². The molecule has 0 aromatic heterocycles. The van der Waals surface area contributed by atoms with Gasteiger partial charge in [0.2, 0.25) is 11.8 Å². The molecule has 0 atom stereocenters. The van der Waals surface area contributed by atoms with Crippen LogP contribution in [0, 0.1) is 5.41 Å². The second kappa shape index (κ2) is 21.9. The Bertz CT molecular complexity index is 1180. The molecular weight excluding hydrogens is 712 g/mol. The molecule has 1 rings (SSSR count). The van der Waals surface area contributed by atoms with Crippen molar-refractivity contribution in [3.63, 3.8) is 0 Å². The first kappa shape index (κ1) is 45.7. The van der Waals surface area contributed by atoms with Crippen LogP contribution in [0.5, 0.6) is 0 Å². The lowest BCUT2D eigenvalue weighted by Crippen LogP contribution is -2.49. The Morgan fingerprint density at radius 3 is 0.887 bits per heavy atom. The first-order valence-corrected chi connectivity index (χ1v) is 17.0. The molecule has 0 unspecified atom stereocenters. The maximum Gasteiger partial charge on any atom is 0.323 e. The van der Waals surface area contributed by atoms with Gasteiger partial charge in [-0.1, -0.05) is 0 Å². The van der Waals surface area contributed by atoms with E-state index >= 15 is 0 Å². The lowest BCUT2D eigenvalue weighted by Gasteiger charge is -2.34. The molecule has 0 spiro atoms. The van der Waals surface area contributed by atoms with E-state index in [0.717, 1.165) is 0 Å². The van der Waals surface area contributed by atoms with Crippen molar-refractivity contribution in [1.82, 2.24) is 10.6 Å². The first-order valence-electron chi connectivity index (χ1n) is 17.0. The standard InChI is InChI=1S/C33H48N2O18/c36-21(34-31(11-5-23(38)39,12-6-24(40)41)13-7-25(42)43)3-1-19-52-29(50)33(17-18-33)30(51)53-20-2-4-22(37)35-32(14-8-26(44)45,15-9-27(46)47)16-10-28(48)49/h1-20H2,(H,34,36)(H,35,37)(H,38,39)(H,40,41)(H,42,43)(H,44,45)(H,46,47)(H,48,49). The van der Waals surface area contributed by atoms with Crippen LogP contribution in [0.2, 0.25) is 0 Å². The van der Waals surface area contributed by atoms with Crippen molar-refractivity contribution in [2.24, 2.45) is 5.41 Å². The minimum Gasteiger partial charge on any atom is -0.481 e. The minimum atomic E-state index is -1.58. The van der Waals surface area contributed by atoms with Crippen molar-refractivity contribution in [3.8, 4) is 0 Å². The smallest absolute Gasteiger partial charge is 0.323 e. The molecule has 0 saturated heterocycles. The van der Waals surface area contributed by atoms with E-state index < -0.39 is 115 Å². The molecule has 1 saturated carbocycles. The van der Waals surface area contributed by atoms with Crippen molar-refractivity contribution in [2.45, 2.75) is 127 Å². The average Bonchev–Trinajstić information content (AvgIpc) is 3.88. The summed E-state index contributed by atoms with van der Waals surface area (Å²) in [5, 5.41) is 59.9. The minimum absolute atomic E-state index is 0.0441. The fourth-order valence-electron chi connectivity index (χ4n) is 5.61. The van der Waals surface area contributed by atoms with Crippen LogP contribution in [0.3, 0.4) is 0 Å². The Labute approximate surface area is 303 Å². The summed E-state index contributed by atoms with van der Waals surface area (Å²) in [6.45, 7) is -0.609. The number of hydrogen-bond acceptors (Lipinski definition) is 12. The molecule has 1 fully saturated rings. The number of ether oxygens (including phenoxy) is 2. The molecule has 0 aromatic rings. The molecular formula is C33H48N2O18. The fraction of sp³-hybridized carbons (Fsp3) is 0.697. The summed E-state index contributed by atoms with van der Waals surface area (Å²) in [6, 6.07) is 0. The number of aliphatic carboxylic acids is 6. The molecule has 0 heterocycles. The van der Waals surface area contributed by atoms with E-state index in [1.54, 1.807) is 0 Å². The third kappa shape index (κ3) is 18.2. The van der Waals surface area contributed by atoms with Crippen LogP contribution in [0.25, 0.3) is 0 Å². The fourth-order valence-corrected chi connectivity index (χ4v) is 5.61. The summed E-state index contributed by atoms with van der Waals surface area (Å²) in [4.78, 5) is 118. The van der Waals surface area contributed by atoms with Gasteiger partial charge in [-0.2, -0.15) is 0 Å². The molecule has 20 nitrogen and oxygen atoms in total. The zero-order chi connectivity index (χ0) is 40.2. The molecule has 53 heavy (non-hydrogen) atoms. The highest BCUT2D eigenvalue weighted by Gasteiger charge is 2.59. The highest BCUT2D eigenvalue weighted by molar-refractivity contribution is 6.03. The normalized spacial score (nSPS) is 13.2. The van der Waals surface area contributed by atoms with Crippen molar-refractivity contribution < 1.29 is 88.1 Å². The third-order valence-electron chi connectivity index (χ3n) is 8.81. The van der Waals surface area contributed by atoms with Crippen molar-refractivity contribution in [2.75, 3.05) is 13.2 Å². The van der Waals surface area contributed by atoms with E-state index in [-0.39, 0.29) is 90.3 Å². The van der Waals surface area contributed by atoms with Gasteiger partial charge in [-0.25, -0.2) is 0 Å². The van der Waals surface area contributed by atoms with Gasteiger partial charge < -0.3 is 50.7 Å². The largest absolute Gasteiger partial charge is 0.481 e. The van der Waals surface area contributed by atoms with E-state index in [9.17, 15) is 47.9 Å². The quantitative estimate of drug-likeness (QED) is 0.0290. The van der Waals surface area contributed by atoms with E-state index in [1.807, 2.05) is 0 Å². The number of carboxylic acids is 6. The second-order valence-corrected chi connectivity index (χ2v) is 13.1. The molecule has 298 valence electrons. The first-order chi connectivity index (χ1) is 24.7. The van der Waals surface area contributed by atoms with Crippen molar-refractivity contribution in [3.05, 3.63) is 0 Å². The predicted molar refractivity (Wildman–Crippen MR) is 175 cm³/mol. The van der Waals surface area contributed by atoms with E-state index in [4.69, 9.17) is 40.1 Å². The highest BCUT2D eigenvalue weighted by Crippen LogP contribution is 2.48. The van der Waals surface area contributed by atoms with Gasteiger partial charge >= 0.3 is 47.8 Å². The second-order valence-electron chi connectivity index (χ2n) is 13.1. The van der Waals surface area contributed by atoms with Gasteiger partial charge in [-0.15, -0.1) is 0 Å². The summed E-state index contributed by atoms with van der Waals surface area (Å²) in [5.41, 5.74) is -4.42. The summed E-state index contributed by atoms with van der Waals surface area (Å²) >= 11 is 0. The monoisotopic (exact) mass is 760 g/mol. The van der Waals surface area contributed by atoms with Gasteiger partial charge in [0.05, 0.1) is 13.2 Å². The van der Waals surface area contributed by atoms with E-state index in [1.165, 1.54) is 0 Å². The molecule has 1 aliphatic carbocycles. The average molecular weight is 761 g/mol. The number of carboxylic acid groups (broad SMARTS) is 6. The van der Waals surface area contributed by atoms with Gasteiger partial charge in [0.25, 0.3) is 0 Å². The molecule has 0 bridgehead atoms. The number of esters is 2. The Hall–Kier alpha value is -5.30. The zero-order valence-electron chi connectivity index (χ0n) is 29.2. The van der Waals surface area contributed by atoms with Crippen LogP contribution in [-0.4, -0.2) is 114 Å². The predicted octanol–water partition coefficient (Wildman–Crippen LogP) is 1.31. The van der Waals surface area contributed by atoms with Gasteiger partial charge in [0.15, 0.2) is 5.41 Å². The summed E-state index contributed by atoms with van der Waals surface area (Å²) in [7, 11) is 0. The lowest BCUT2D eigenvalue weighted by atomic mass is 9.83. The number of amides is 2. The molecule has 1 aliphatic rings. The van der Waals surface area contributed by atoms with Crippen LogP contribution in [-0.2, 0) is 57.4 Å². The lowest BCUT2D eigenvalue weighted by molar-refractivity contribution is -0.165. The number of nitrogens with one attached hydrogen (secondary N) is 2. The SMILES string of the molecule is O=C(O)CCC(CCC(=O)O)(CCC(=O)O)NC(=O)CCCOC(=O)C1(C(=O)OCCCC(=O)NC(CCC(=O)O)(CCC(=O)O)CCC(=O)O)CC1.